The van der Waals surface area contributed by atoms with Gasteiger partial charge in [0.05, 0.1) is 31.4 Å². The molecule has 6 atom stereocenters. The number of alkyl halides is 1. The van der Waals surface area contributed by atoms with E-state index in [1.54, 1.807) is 5.92 Å². The minimum Gasteiger partial charge on any atom is -0.396 e. The second kappa shape index (κ2) is 9.35. The molecule has 17 nitrogen and oxygen atoms in total. The van der Waals surface area contributed by atoms with Crippen LogP contribution in [-0.4, -0.2) is 64.4 Å². The van der Waals surface area contributed by atoms with Gasteiger partial charge in [0.15, 0.2) is 0 Å². The van der Waals surface area contributed by atoms with Gasteiger partial charge >= 0.3 is 29.2 Å². The fourth-order valence-corrected chi connectivity index (χ4v) is 5.66. The Morgan fingerprint density at radius 1 is 1.28 bits per heavy atom. The van der Waals surface area contributed by atoms with Gasteiger partial charge in [-0.15, -0.1) is 6.42 Å². The van der Waals surface area contributed by atoms with Gasteiger partial charge in [0, 0.05) is 0 Å². The number of nitrogen functional groups attached to an aromatic ring is 1. The lowest BCUT2D eigenvalue weighted by Gasteiger charge is -2.25. The van der Waals surface area contributed by atoms with Crippen LogP contribution in [0.5, 0.6) is 0 Å². The van der Waals surface area contributed by atoms with Crippen molar-refractivity contribution in [2.45, 2.75) is 18.0 Å². The number of phosphoric acid groups is 3. The maximum atomic E-state index is 15.5. The fourth-order valence-electron chi connectivity index (χ4n) is 2.63. The van der Waals surface area contributed by atoms with Gasteiger partial charge in [0.1, 0.15) is 5.82 Å². The molecular formula is C11H16FN4O13P3. The molecule has 4 unspecified atom stereocenters. The van der Waals surface area contributed by atoms with E-state index in [0.29, 0.717) is 4.68 Å². The molecule has 0 aromatic carbocycles. The third-order valence-electron chi connectivity index (χ3n) is 3.84. The van der Waals surface area contributed by atoms with Crippen molar-refractivity contribution in [1.82, 2.24) is 14.8 Å². The van der Waals surface area contributed by atoms with Crippen molar-refractivity contribution in [3.8, 4) is 12.3 Å². The Morgan fingerprint density at radius 2 is 1.91 bits per heavy atom. The molecule has 1 aromatic rings. The molecule has 21 heteroatoms. The summed E-state index contributed by atoms with van der Waals surface area (Å²) in [5.41, 5.74) is 1.19. The first-order chi connectivity index (χ1) is 14.5. The van der Waals surface area contributed by atoms with E-state index in [-0.39, 0.29) is 5.82 Å². The lowest BCUT2D eigenvalue weighted by Crippen LogP contribution is -2.43. The van der Waals surface area contributed by atoms with Crippen molar-refractivity contribution in [2.24, 2.45) is 5.92 Å². The highest BCUT2D eigenvalue weighted by molar-refractivity contribution is 7.66. The van der Waals surface area contributed by atoms with Gasteiger partial charge in [-0.1, -0.05) is 5.92 Å². The second-order valence-electron chi connectivity index (χ2n) is 6.02. The van der Waals surface area contributed by atoms with Gasteiger partial charge in [0.25, 0.3) is 0 Å². The maximum absolute atomic E-state index is 15.5. The Hall–Kier alpha value is -1.57. The zero-order valence-corrected chi connectivity index (χ0v) is 18.1. The van der Waals surface area contributed by atoms with Gasteiger partial charge in [-0.3, -0.25) is 4.52 Å². The quantitative estimate of drug-likeness (QED) is 0.157. The van der Waals surface area contributed by atoms with Crippen LogP contribution in [0.1, 0.15) is 6.23 Å². The molecule has 0 radical (unpaired) electrons. The summed E-state index contributed by atoms with van der Waals surface area (Å²) < 4.78 is 66.3. The van der Waals surface area contributed by atoms with Gasteiger partial charge in [0.2, 0.25) is 11.9 Å². The highest BCUT2D eigenvalue weighted by atomic mass is 31.3. The Balaban J connectivity index is 2.24. The molecule has 7 N–H and O–H groups in total. The van der Waals surface area contributed by atoms with Gasteiger partial charge in [-0.25, -0.2) is 22.9 Å². The van der Waals surface area contributed by atoms with Crippen molar-refractivity contribution in [1.29, 1.82) is 0 Å². The Morgan fingerprint density at radius 3 is 2.41 bits per heavy atom. The summed E-state index contributed by atoms with van der Waals surface area (Å²) in [4.78, 5) is 50.9. The molecule has 1 aliphatic heterocycles. The van der Waals surface area contributed by atoms with Crippen molar-refractivity contribution in [2.75, 3.05) is 18.9 Å². The highest BCUT2D eigenvalue weighted by Crippen LogP contribution is 2.66. The number of rotatable bonds is 9. The van der Waals surface area contributed by atoms with Crippen LogP contribution in [-0.2, 0) is 31.6 Å². The number of phosphoric ester groups is 1. The van der Waals surface area contributed by atoms with Crippen LogP contribution >= 0.6 is 23.5 Å². The molecular weight excluding hydrogens is 508 g/mol. The summed E-state index contributed by atoms with van der Waals surface area (Å²) in [7, 11) is -17.0. The van der Waals surface area contributed by atoms with Crippen LogP contribution in [0.15, 0.2) is 11.0 Å². The van der Waals surface area contributed by atoms with Crippen LogP contribution in [0, 0.1) is 18.3 Å². The first-order valence-electron chi connectivity index (χ1n) is 7.96. The molecule has 1 saturated heterocycles. The molecule has 1 fully saturated rings. The predicted octanol–water partition coefficient (Wildman–Crippen LogP) is -1.59. The maximum Gasteiger partial charge on any atom is 0.490 e. The largest absolute Gasteiger partial charge is 0.490 e. The van der Waals surface area contributed by atoms with Gasteiger partial charge in [-0.05, 0) is 0 Å². The number of ether oxygens (including phenoxy) is 1. The summed E-state index contributed by atoms with van der Waals surface area (Å²) in [5, 5.41) is 13.1. The lowest BCUT2D eigenvalue weighted by atomic mass is 9.88. The zero-order chi connectivity index (χ0) is 24.5. The number of aliphatic hydroxyl groups is 1. The van der Waals surface area contributed by atoms with Crippen molar-refractivity contribution in [3.63, 3.8) is 0 Å². The van der Waals surface area contributed by atoms with E-state index in [1.807, 2.05) is 0 Å². The number of nitrogens with two attached hydrogens (primary N) is 1. The summed E-state index contributed by atoms with van der Waals surface area (Å²) in [6.07, 6.45) is 2.40. The number of hydrogen-bond acceptors (Lipinski definition) is 12. The molecule has 0 saturated carbocycles. The van der Waals surface area contributed by atoms with Crippen LogP contribution in [0.3, 0.4) is 0 Å². The standard InChI is InChI=1S/C11H16FN4O13P3/c1-2-11(12)6(4-17)7(27-9(11)16-10(18)15-8(13)3-14-16)5-26-31(22,23)29-32(24,25)28-30(19,20)21/h1,3,6-7,9,17H,4-5H2,(H,22,23)(H,24,25)(H2,13,15,18)(H2,19,20,21)/t6?,7-,9-,11?/m1/s1. The van der Waals surface area contributed by atoms with E-state index >= 15 is 4.39 Å². The smallest absolute Gasteiger partial charge is 0.396 e. The summed E-state index contributed by atoms with van der Waals surface area (Å²) >= 11 is 0. The normalized spacial score (nSPS) is 29.7. The van der Waals surface area contributed by atoms with Crippen molar-refractivity contribution in [3.05, 3.63) is 16.7 Å². The molecule has 0 spiro atoms. The SMILES string of the molecule is C#CC1(F)C(CO)[C@@H](COP(=O)(O)OP(=O)(O)OP(=O)(O)O)O[C@H]1n1ncc(N)nc1=O. The number of aliphatic hydroxyl groups excluding tert-OH is 1. The first-order valence-corrected chi connectivity index (χ1v) is 12.5. The molecule has 180 valence electrons. The van der Waals surface area contributed by atoms with Crippen LogP contribution < -0.4 is 11.4 Å². The van der Waals surface area contributed by atoms with E-state index in [0.717, 1.165) is 6.20 Å². The number of anilines is 1. The Labute approximate surface area is 177 Å². The van der Waals surface area contributed by atoms with E-state index in [4.69, 9.17) is 31.6 Å². The van der Waals surface area contributed by atoms with Crippen molar-refractivity contribution >= 4 is 29.3 Å². The van der Waals surface area contributed by atoms with Gasteiger partial charge in [-0.2, -0.15) is 23.4 Å². The Bertz CT molecular complexity index is 1100. The second-order valence-corrected chi connectivity index (χ2v) is 10.4. The monoisotopic (exact) mass is 524 g/mol. The minimum atomic E-state index is -5.79. The van der Waals surface area contributed by atoms with E-state index in [1.165, 1.54) is 0 Å². The number of nitrogens with zero attached hydrogens (tertiary/aromatic N) is 3. The van der Waals surface area contributed by atoms with E-state index in [9.17, 15) is 28.5 Å². The third kappa shape index (κ3) is 6.27. The topological polar surface area (TPSA) is 263 Å². The number of aromatic nitrogens is 3. The summed E-state index contributed by atoms with van der Waals surface area (Å²) in [6.45, 7) is -2.16. The fraction of sp³-hybridized carbons (Fsp3) is 0.545. The molecule has 1 aliphatic rings. The predicted molar refractivity (Wildman–Crippen MR) is 97.7 cm³/mol. The van der Waals surface area contributed by atoms with Crippen LogP contribution in [0.2, 0.25) is 0 Å². The molecule has 0 bridgehead atoms. The number of hydrogen-bond donors (Lipinski definition) is 6. The number of halogens is 1. The molecule has 1 aromatic heterocycles. The van der Waals surface area contributed by atoms with Crippen LogP contribution in [0.25, 0.3) is 0 Å². The molecule has 32 heavy (non-hydrogen) atoms. The molecule has 0 amide bonds. The first kappa shape index (κ1) is 26.7. The van der Waals surface area contributed by atoms with E-state index < -0.39 is 66.3 Å². The summed E-state index contributed by atoms with van der Waals surface area (Å²) in [6, 6.07) is 0. The Kier molecular flexibility index (Phi) is 7.80. The summed E-state index contributed by atoms with van der Waals surface area (Å²) in [5.74, 6) is -0.289. The molecule has 2 rings (SSSR count). The number of terminal acetylenes is 1. The van der Waals surface area contributed by atoms with Crippen molar-refractivity contribution < 1.29 is 60.6 Å². The average molecular weight is 524 g/mol. The lowest BCUT2D eigenvalue weighted by molar-refractivity contribution is -0.0592. The zero-order valence-electron chi connectivity index (χ0n) is 15.4. The van der Waals surface area contributed by atoms with E-state index in [2.05, 4.69) is 23.2 Å². The highest BCUT2D eigenvalue weighted by Gasteiger charge is 2.59. The minimum absolute atomic E-state index is 0.308. The van der Waals surface area contributed by atoms with Gasteiger partial charge < -0.3 is 35.2 Å². The van der Waals surface area contributed by atoms with Crippen LogP contribution in [0.4, 0.5) is 10.2 Å². The molecule has 2 heterocycles. The average Bonchev–Trinajstić information content (AvgIpc) is 2.89. The molecule has 0 aliphatic carbocycles. The third-order valence-corrected chi connectivity index (χ3v) is 7.65.